The van der Waals surface area contributed by atoms with Crippen LogP contribution in [0.5, 0.6) is 5.75 Å². The summed E-state index contributed by atoms with van der Waals surface area (Å²) in [6.07, 6.45) is 2.53. The van der Waals surface area contributed by atoms with Crippen LogP contribution in [0.3, 0.4) is 0 Å². The van der Waals surface area contributed by atoms with E-state index in [1.54, 1.807) is 13.1 Å². The zero-order chi connectivity index (χ0) is 24.4. The van der Waals surface area contributed by atoms with Crippen LogP contribution in [-0.4, -0.2) is 53.2 Å². The van der Waals surface area contributed by atoms with Crippen LogP contribution in [0.2, 0.25) is 0 Å². The normalized spacial score (nSPS) is 24.5. The number of allylic oxidation sites excluding steroid dienone is 2. The Morgan fingerprint density at radius 1 is 1.27 bits per heavy atom. The highest BCUT2D eigenvalue weighted by molar-refractivity contribution is 5.75. The molecule has 6 nitrogen and oxygen atoms in total. The number of unbranched alkanes of at least 4 members (excludes halogenated alkanes) is 1. The fraction of sp³-hybridized carbons (Fsp3) is 0.542. The third-order valence-electron chi connectivity index (χ3n) is 5.68. The molecule has 5 unspecified atom stereocenters. The number of aliphatic hydroxyl groups is 3. The van der Waals surface area contributed by atoms with Crippen molar-refractivity contribution in [2.75, 3.05) is 13.7 Å². The van der Waals surface area contributed by atoms with Gasteiger partial charge in [0.15, 0.2) is 0 Å². The zero-order valence-electron chi connectivity index (χ0n) is 18.5. The fourth-order valence-electron chi connectivity index (χ4n) is 3.84. The summed E-state index contributed by atoms with van der Waals surface area (Å²) < 4.78 is 43.6. The van der Waals surface area contributed by atoms with Crippen LogP contribution in [0.25, 0.3) is 0 Å². The molecule has 9 heteroatoms. The first-order valence-corrected chi connectivity index (χ1v) is 11.0. The van der Waals surface area contributed by atoms with Gasteiger partial charge in [0.05, 0.1) is 17.8 Å². The number of rotatable bonds is 11. The molecule has 5 atom stereocenters. The number of carbonyl (C=O) groups is 1. The van der Waals surface area contributed by atoms with Crippen LogP contribution in [0, 0.1) is 11.8 Å². The van der Waals surface area contributed by atoms with Gasteiger partial charge in [0.1, 0.15) is 18.5 Å². The van der Waals surface area contributed by atoms with Gasteiger partial charge in [0.25, 0.3) is 0 Å². The Hall–Kier alpha value is -2.36. The van der Waals surface area contributed by atoms with Crippen LogP contribution >= 0.6 is 0 Å². The molecule has 1 aromatic carbocycles. The van der Waals surface area contributed by atoms with E-state index in [0.717, 1.165) is 18.6 Å². The molecule has 0 bridgehead atoms. The number of hydrogen-bond acceptors (Lipinski definition) is 5. The second-order valence-electron chi connectivity index (χ2n) is 8.17. The van der Waals surface area contributed by atoms with Crippen molar-refractivity contribution < 1.29 is 38.0 Å². The van der Waals surface area contributed by atoms with Crippen molar-refractivity contribution in [3.8, 4) is 5.75 Å². The van der Waals surface area contributed by atoms with Gasteiger partial charge in [-0.2, -0.15) is 13.2 Å². The summed E-state index contributed by atoms with van der Waals surface area (Å²) in [6.45, 7) is -0.251. The second-order valence-corrected chi connectivity index (χ2v) is 8.17. The highest BCUT2D eigenvalue weighted by Gasteiger charge is 2.39. The number of alkyl halides is 3. The summed E-state index contributed by atoms with van der Waals surface area (Å²) in [5.74, 6) is -0.631. The lowest BCUT2D eigenvalue weighted by Gasteiger charge is -2.19. The molecule has 1 fully saturated rings. The molecule has 0 saturated heterocycles. The van der Waals surface area contributed by atoms with Gasteiger partial charge in [0.2, 0.25) is 5.91 Å². The minimum atomic E-state index is -4.48. The molecular weight excluding hydrogens is 439 g/mol. The minimum absolute atomic E-state index is 0.00645. The van der Waals surface area contributed by atoms with Gasteiger partial charge in [0, 0.05) is 25.8 Å². The number of amides is 1. The number of aliphatic hydroxyl groups excluding tert-OH is 3. The zero-order valence-corrected chi connectivity index (χ0v) is 18.5. The Morgan fingerprint density at radius 2 is 2.03 bits per heavy atom. The Labute approximate surface area is 191 Å². The predicted molar refractivity (Wildman–Crippen MR) is 117 cm³/mol. The molecule has 2 rings (SSSR count). The van der Waals surface area contributed by atoms with Crippen LogP contribution in [0.1, 0.15) is 37.7 Å². The van der Waals surface area contributed by atoms with Crippen LogP contribution in [0.15, 0.2) is 48.6 Å². The Balaban J connectivity index is 1.86. The number of halogens is 3. The molecule has 1 aliphatic carbocycles. The lowest BCUT2D eigenvalue weighted by Crippen LogP contribution is -2.21. The van der Waals surface area contributed by atoms with E-state index in [1.807, 2.05) is 12.2 Å². The maximum absolute atomic E-state index is 12.8. The summed E-state index contributed by atoms with van der Waals surface area (Å²) in [7, 11) is 1.59. The summed E-state index contributed by atoms with van der Waals surface area (Å²) >= 11 is 0. The molecule has 0 radical (unpaired) electrons. The summed E-state index contributed by atoms with van der Waals surface area (Å²) in [5.41, 5.74) is -0.836. The number of ether oxygens (including phenoxy) is 1. The highest BCUT2D eigenvalue weighted by Crippen LogP contribution is 2.36. The molecule has 0 aromatic heterocycles. The number of hydrogen-bond donors (Lipinski definition) is 4. The van der Waals surface area contributed by atoms with E-state index >= 15 is 0 Å². The van der Waals surface area contributed by atoms with Gasteiger partial charge in [-0.1, -0.05) is 30.4 Å². The minimum Gasteiger partial charge on any atom is -0.491 e. The Bertz CT molecular complexity index is 812. The van der Waals surface area contributed by atoms with Crippen LogP contribution in [-0.2, 0) is 11.0 Å². The van der Waals surface area contributed by atoms with Crippen molar-refractivity contribution in [3.05, 3.63) is 54.1 Å². The lowest BCUT2D eigenvalue weighted by molar-refractivity contribution is -0.137. The van der Waals surface area contributed by atoms with E-state index in [9.17, 15) is 33.3 Å². The van der Waals surface area contributed by atoms with Crippen molar-refractivity contribution in [2.24, 2.45) is 11.8 Å². The average molecular weight is 472 g/mol. The van der Waals surface area contributed by atoms with E-state index in [0.29, 0.717) is 19.3 Å². The van der Waals surface area contributed by atoms with E-state index in [-0.39, 0.29) is 36.5 Å². The van der Waals surface area contributed by atoms with E-state index in [2.05, 4.69) is 5.32 Å². The first-order valence-electron chi connectivity index (χ1n) is 11.0. The van der Waals surface area contributed by atoms with Gasteiger partial charge < -0.3 is 25.4 Å². The highest BCUT2D eigenvalue weighted by atomic mass is 19.4. The van der Waals surface area contributed by atoms with E-state index in [4.69, 9.17) is 4.74 Å². The van der Waals surface area contributed by atoms with Gasteiger partial charge in [-0.25, -0.2) is 0 Å². The van der Waals surface area contributed by atoms with Crippen LogP contribution in [0.4, 0.5) is 13.2 Å². The smallest absolute Gasteiger partial charge is 0.416 e. The lowest BCUT2D eigenvalue weighted by atomic mass is 9.89. The predicted octanol–water partition coefficient (Wildman–Crippen LogP) is 3.22. The van der Waals surface area contributed by atoms with Crippen LogP contribution < -0.4 is 10.1 Å². The van der Waals surface area contributed by atoms with Gasteiger partial charge in [-0.15, -0.1) is 0 Å². The first kappa shape index (κ1) is 26.9. The molecule has 1 aromatic rings. The van der Waals surface area contributed by atoms with E-state index < -0.39 is 30.1 Å². The van der Waals surface area contributed by atoms with Crippen molar-refractivity contribution in [1.82, 2.24) is 5.32 Å². The van der Waals surface area contributed by atoms with Gasteiger partial charge in [-0.05, 0) is 43.4 Å². The van der Waals surface area contributed by atoms with Crippen molar-refractivity contribution in [1.29, 1.82) is 0 Å². The monoisotopic (exact) mass is 471 g/mol. The molecule has 1 saturated carbocycles. The second kappa shape index (κ2) is 12.8. The third kappa shape index (κ3) is 8.83. The topological polar surface area (TPSA) is 99.0 Å². The molecule has 0 heterocycles. The van der Waals surface area contributed by atoms with Gasteiger partial charge >= 0.3 is 6.18 Å². The Morgan fingerprint density at radius 3 is 2.73 bits per heavy atom. The number of carbonyl (C=O) groups excluding carboxylic acids is 1. The molecule has 4 N–H and O–H groups in total. The summed E-state index contributed by atoms with van der Waals surface area (Å²) in [6, 6.07) is 4.41. The summed E-state index contributed by atoms with van der Waals surface area (Å²) in [5, 5.41) is 33.3. The van der Waals surface area contributed by atoms with Gasteiger partial charge in [-0.3, -0.25) is 4.79 Å². The number of benzene rings is 1. The van der Waals surface area contributed by atoms with Crippen molar-refractivity contribution in [3.63, 3.8) is 0 Å². The fourth-order valence-corrected chi connectivity index (χ4v) is 3.84. The molecular formula is C24H32F3NO5. The largest absolute Gasteiger partial charge is 0.491 e. The molecule has 1 aliphatic rings. The molecule has 184 valence electrons. The Kier molecular flexibility index (Phi) is 10.4. The third-order valence-corrected chi connectivity index (χ3v) is 5.68. The number of nitrogens with one attached hydrogen (secondary N) is 1. The SMILES string of the molecule is CNC(=O)CCCC=CCC1C(O)CC(O)C1C=CC(O)COc1cccc(C(F)(F)F)c1. The van der Waals surface area contributed by atoms with Crippen molar-refractivity contribution >= 4 is 5.91 Å². The summed E-state index contributed by atoms with van der Waals surface area (Å²) in [4.78, 5) is 11.2. The molecule has 33 heavy (non-hydrogen) atoms. The quantitative estimate of drug-likeness (QED) is 0.293. The van der Waals surface area contributed by atoms with Crippen molar-refractivity contribution in [2.45, 2.75) is 56.6 Å². The maximum Gasteiger partial charge on any atom is 0.416 e. The molecule has 0 spiro atoms. The molecule has 1 amide bonds. The van der Waals surface area contributed by atoms with E-state index in [1.165, 1.54) is 18.2 Å². The molecule has 0 aliphatic heterocycles. The maximum atomic E-state index is 12.8. The standard InChI is InChI=1S/C24H32F3NO5/c1-28-23(32)10-5-3-2-4-9-19-20(22(31)14-21(19)30)12-11-17(29)15-33-18-8-6-7-16(13-18)24(25,26)27/h2,4,6-8,11-13,17,19-22,29-31H,3,5,9-10,14-15H2,1H3,(H,28,32). The average Bonchev–Trinajstić information content (AvgIpc) is 3.04. The first-order chi connectivity index (χ1) is 15.6.